The van der Waals surface area contributed by atoms with E-state index in [4.69, 9.17) is 0 Å². The number of carbonyl (C=O) groups is 1. The highest BCUT2D eigenvalue weighted by Gasteiger charge is 2.14. The number of rotatable bonds is 5. The number of benzene rings is 1. The number of imidazole rings is 1. The Morgan fingerprint density at radius 1 is 1.47 bits per heavy atom. The van der Waals surface area contributed by atoms with Crippen LogP contribution >= 0.6 is 22.6 Å². The van der Waals surface area contributed by atoms with Crippen molar-refractivity contribution in [1.82, 2.24) is 9.55 Å². The average Bonchev–Trinajstić information content (AvgIpc) is 2.77. The second-order valence-electron chi connectivity index (χ2n) is 4.26. The van der Waals surface area contributed by atoms with E-state index < -0.39 is 0 Å². The van der Waals surface area contributed by atoms with Gasteiger partial charge in [0.25, 0.3) is 0 Å². The second-order valence-corrected chi connectivity index (χ2v) is 5.42. The monoisotopic (exact) mass is 372 g/mol. The molecule has 0 aliphatic carbocycles. The van der Waals surface area contributed by atoms with Crippen molar-refractivity contribution >= 4 is 28.4 Å². The fourth-order valence-electron chi connectivity index (χ4n) is 1.91. The molecular weight excluding hydrogens is 358 g/mol. The van der Waals surface area contributed by atoms with Crippen molar-refractivity contribution < 1.29 is 9.18 Å². The highest BCUT2D eigenvalue weighted by molar-refractivity contribution is 14.1. The van der Waals surface area contributed by atoms with E-state index in [1.165, 1.54) is 18.2 Å². The molecule has 2 rings (SSSR count). The topological polar surface area (TPSA) is 34.9 Å². The number of ketones is 1. The lowest BCUT2D eigenvalue weighted by Gasteiger charge is -2.07. The van der Waals surface area contributed by atoms with E-state index in [-0.39, 0.29) is 18.0 Å². The molecule has 19 heavy (non-hydrogen) atoms. The SMILES string of the molecule is CCCn1ccnc1CC(=O)c1ccc(F)cc1I. The van der Waals surface area contributed by atoms with Crippen molar-refractivity contribution in [2.24, 2.45) is 0 Å². The van der Waals surface area contributed by atoms with E-state index in [0.29, 0.717) is 9.13 Å². The van der Waals surface area contributed by atoms with E-state index in [1.54, 1.807) is 6.20 Å². The first-order valence-corrected chi connectivity index (χ1v) is 7.18. The van der Waals surface area contributed by atoms with Crippen molar-refractivity contribution in [2.75, 3.05) is 0 Å². The number of aromatic nitrogens is 2. The Bertz CT molecular complexity index is 595. The first-order valence-electron chi connectivity index (χ1n) is 6.10. The van der Waals surface area contributed by atoms with Crippen LogP contribution in [-0.4, -0.2) is 15.3 Å². The minimum absolute atomic E-state index is 0.0343. The van der Waals surface area contributed by atoms with Gasteiger partial charge in [-0.1, -0.05) is 6.92 Å². The van der Waals surface area contributed by atoms with E-state index in [0.717, 1.165) is 18.8 Å². The molecule has 0 aliphatic rings. The molecule has 0 radical (unpaired) electrons. The predicted octanol–water partition coefficient (Wildman–Crippen LogP) is 3.46. The van der Waals surface area contributed by atoms with Crippen LogP contribution in [0.5, 0.6) is 0 Å². The van der Waals surface area contributed by atoms with Gasteiger partial charge in [-0.05, 0) is 47.2 Å². The number of nitrogens with zero attached hydrogens (tertiary/aromatic N) is 2. The van der Waals surface area contributed by atoms with Crippen molar-refractivity contribution in [1.29, 1.82) is 0 Å². The third kappa shape index (κ3) is 3.40. The number of Topliss-reactive ketones (excluding diaryl/α,β-unsaturated/α-hetero) is 1. The number of halogens is 2. The second kappa shape index (κ2) is 6.27. The lowest BCUT2D eigenvalue weighted by atomic mass is 10.1. The summed E-state index contributed by atoms with van der Waals surface area (Å²) >= 11 is 1.98. The zero-order valence-corrected chi connectivity index (χ0v) is 12.7. The molecule has 0 N–H and O–H groups in total. The molecule has 0 bridgehead atoms. The predicted molar refractivity (Wildman–Crippen MR) is 79.7 cm³/mol. The van der Waals surface area contributed by atoms with Gasteiger partial charge in [-0.15, -0.1) is 0 Å². The van der Waals surface area contributed by atoms with Crippen LogP contribution in [0.3, 0.4) is 0 Å². The van der Waals surface area contributed by atoms with Gasteiger partial charge >= 0.3 is 0 Å². The van der Waals surface area contributed by atoms with E-state index in [2.05, 4.69) is 11.9 Å². The molecular formula is C14H14FIN2O. The molecule has 0 aliphatic heterocycles. The zero-order chi connectivity index (χ0) is 13.8. The first-order chi connectivity index (χ1) is 9.11. The normalized spacial score (nSPS) is 10.7. The quantitative estimate of drug-likeness (QED) is 0.595. The summed E-state index contributed by atoms with van der Waals surface area (Å²) in [7, 11) is 0. The molecule has 0 atom stereocenters. The maximum absolute atomic E-state index is 13.0. The van der Waals surface area contributed by atoms with Crippen LogP contribution in [0.25, 0.3) is 0 Å². The number of hydrogen-bond acceptors (Lipinski definition) is 2. The molecule has 1 aromatic heterocycles. The van der Waals surface area contributed by atoms with Crippen molar-refractivity contribution in [3.63, 3.8) is 0 Å². The average molecular weight is 372 g/mol. The maximum atomic E-state index is 13.0. The summed E-state index contributed by atoms with van der Waals surface area (Å²) in [4.78, 5) is 16.4. The summed E-state index contributed by atoms with van der Waals surface area (Å²) in [6, 6.07) is 4.22. The van der Waals surface area contributed by atoms with Gasteiger partial charge in [0.1, 0.15) is 11.6 Å². The van der Waals surface area contributed by atoms with Crippen LogP contribution in [0.2, 0.25) is 0 Å². The molecule has 0 saturated heterocycles. The lowest BCUT2D eigenvalue weighted by molar-refractivity contribution is 0.0989. The van der Waals surface area contributed by atoms with Gasteiger partial charge in [-0.3, -0.25) is 4.79 Å². The van der Waals surface area contributed by atoms with Crippen LogP contribution < -0.4 is 0 Å². The zero-order valence-electron chi connectivity index (χ0n) is 10.6. The molecule has 5 heteroatoms. The molecule has 1 aromatic carbocycles. The third-order valence-electron chi connectivity index (χ3n) is 2.82. The minimum atomic E-state index is -0.326. The first kappa shape index (κ1) is 14.2. The Kier molecular flexibility index (Phi) is 4.68. The fourth-order valence-corrected chi connectivity index (χ4v) is 2.68. The molecule has 0 saturated carbocycles. The summed E-state index contributed by atoms with van der Waals surface area (Å²) in [5.41, 5.74) is 0.549. The molecule has 100 valence electrons. The summed E-state index contributed by atoms with van der Waals surface area (Å²) in [5.74, 6) is 0.397. The molecule has 3 nitrogen and oxygen atoms in total. The Balaban J connectivity index is 2.18. The van der Waals surface area contributed by atoms with E-state index in [9.17, 15) is 9.18 Å². The van der Waals surface area contributed by atoms with Crippen molar-refractivity contribution in [2.45, 2.75) is 26.3 Å². The van der Waals surface area contributed by atoms with Gasteiger partial charge in [0.05, 0.1) is 6.42 Å². The molecule has 0 spiro atoms. The number of hydrogen-bond donors (Lipinski definition) is 0. The van der Waals surface area contributed by atoms with Crippen molar-refractivity contribution in [3.05, 3.63) is 51.4 Å². The number of carbonyl (C=O) groups excluding carboxylic acids is 1. The largest absolute Gasteiger partial charge is 0.335 e. The molecule has 0 fully saturated rings. The standard InChI is InChI=1S/C14H14FIN2O/c1-2-6-18-7-5-17-14(18)9-13(19)11-4-3-10(15)8-12(11)16/h3-5,7-8H,2,6,9H2,1H3. The van der Waals surface area contributed by atoms with Gasteiger partial charge in [0.15, 0.2) is 5.78 Å². The highest BCUT2D eigenvalue weighted by atomic mass is 127. The maximum Gasteiger partial charge on any atom is 0.171 e. The highest BCUT2D eigenvalue weighted by Crippen LogP contribution is 2.16. The molecule has 0 unspecified atom stereocenters. The lowest BCUT2D eigenvalue weighted by Crippen LogP contribution is -2.11. The smallest absolute Gasteiger partial charge is 0.171 e. The Morgan fingerprint density at radius 3 is 2.95 bits per heavy atom. The van der Waals surface area contributed by atoms with Crippen LogP contribution in [0.1, 0.15) is 29.5 Å². The van der Waals surface area contributed by atoms with Gasteiger partial charge in [-0.25, -0.2) is 9.37 Å². The van der Waals surface area contributed by atoms with Gasteiger partial charge < -0.3 is 4.57 Å². The van der Waals surface area contributed by atoms with Gasteiger partial charge in [-0.2, -0.15) is 0 Å². The van der Waals surface area contributed by atoms with Crippen LogP contribution in [0.15, 0.2) is 30.6 Å². The minimum Gasteiger partial charge on any atom is -0.335 e. The van der Waals surface area contributed by atoms with Crippen LogP contribution in [-0.2, 0) is 13.0 Å². The van der Waals surface area contributed by atoms with E-state index >= 15 is 0 Å². The van der Waals surface area contributed by atoms with Crippen LogP contribution in [0, 0.1) is 9.39 Å². The van der Waals surface area contributed by atoms with Gasteiger partial charge in [0.2, 0.25) is 0 Å². The summed E-state index contributed by atoms with van der Waals surface area (Å²) in [6.07, 6.45) is 4.82. The summed E-state index contributed by atoms with van der Waals surface area (Å²) in [6.45, 7) is 2.93. The molecule has 1 heterocycles. The Morgan fingerprint density at radius 2 is 2.26 bits per heavy atom. The fraction of sp³-hybridized carbons (Fsp3) is 0.286. The molecule has 0 amide bonds. The summed E-state index contributed by atoms with van der Waals surface area (Å²) < 4.78 is 15.6. The summed E-state index contributed by atoms with van der Waals surface area (Å²) in [5, 5.41) is 0. The van der Waals surface area contributed by atoms with Crippen molar-refractivity contribution in [3.8, 4) is 0 Å². The Hall–Kier alpha value is -1.24. The van der Waals surface area contributed by atoms with Crippen LogP contribution in [0.4, 0.5) is 4.39 Å². The number of aryl methyl sites for hydroxylation is 1. The van der Waals surface area contributed by atoms with Gasteiger partial charge in [0, 0.05) is 28.1 Å². The molecule has 2 aromatic rings. The Labute approximate surface area is 125 Å². The van der Waals surface area contributed by atoms with E-state index in [1.807, 2.05) is 33.4 Å². The third-order valence-corrected chi connectivity index (χ3v) is 3.71.